The number of carbonyl (C=O) groups is 1. The van der Waals surface area contributed by atoms with E-state index in [9.17, 15) is 4.79 Å². The summed E-state index contributed by atoms with van der Waals surface area (Å²) < 4.78 is 10.7. The van der Waals surface area contributed by atoms with Gasteiger partial charge in [0.1, 0.15) is 21.8 Å². The molecule has 5 nitrogen and oxygen atoms in total. The zero-order valence-electron chi connectivity index (χ0n) is 14.1. The van der Waals surface area contributed by atoms with Crippen LogP contribution in [0, 0.1) is 13.8 Å². The Morgan fingerprint density at radius 3 is 2.36 bits per heavy atom. The van der Waals surface area contributed by atoms with Crippen molar-refractivity contribution in [2.45, 2.75) is 59.5 Å². The van der Waals surface area contributed by atoms with Crippen LogP contribution >= 0.6 is 11.3 Å². The van der Waals surface area contributed by atoms with Crippen LogP contribution in [0.3, 0.4) is 0 Å². The Morgan fingerprint density at radius 2 is 1.86 bits per heavy atom. The molecule has 0 spiro atoms. The van der Waals surface area contributed by atoms with E-state index in [4.69, 9.17) is 9.26 Å². The number of hydrogen-bond acceptors (Lipinski definition) is 6. The average Bonchev–Trinajstić information content (AvgIpc) is 2.95. The van der Waals surface area contributed by atoms with Crippen LogP contribution in [0.2, 0.25) is 0 Å². The van der Waals surface area contributed by atoms with Crippen LogP contribution in [0.25, 0.3) is 11.3 Å². The van der Waals surface area contributed by atoms with Crippen molar-refractivity contribution in [3.05, 3.63) is 21.8 Å². The van der Waals surface area contributed by atoms with E-state index in [1.807, 2.05) is 53.8 Å². The Bertz CT molecular complexity index is 673. The van der Waals surface area contributed by atoms with E-state index in [-0.39, 0.29) is 5.97 Å². The number of nitrogens with zero attached hydrogens (tertiary/aromatic N) is 2. The molecule has 2 aromatic rings. The number of hydrogen-bond donors (Lipinski definition) is 0. The van der Waals surface area contributed by atoms with Gasteiger partial charge in [0.2, 0.25) is 0 Å². The molecule has 0 atom stereocenters. The maximum Gasteiger partial charge on any atom is 0.318 e. The van der Waals surface area contributed by atoms with E-state index < -0.39 is 11.0 Å². The Labute approximate surface area is 134 Å². The second-order valence-corrected chi connectivity index (χ2v) is 7.72. The maximum absolute atomic E-state index is 12.4. The van der Waals surface area contributed by atoms with Crippen molar-refractivity contribution >= 4 is 17.3 Å². The number of rotatable bonds is 3. The van der Waals surface area contributed by atoms with E-state index in [1.165, 1.54) is 11.3 Å². The molecule has 0 saturated carbocycles. The summed E-state index contributed by atoms with van der Waals surface area (Å²) >= 11 is 1.45. The minimum atomic E-state index is -0.796. The third kappa shape index (κ3) is 3.21. The topological polar surface area (TPSA) is 65.2 Å². The number of aryl methyl sites for hydroxylation is 2. The van der Waals surface area contributed by atoms with Gasteiger partial charge in [-0.15, -0.1) is 11.3 Å². The smallest absolute Gasteiger partial charge is 0.318 e. The van der Waals surface area contributed by atoms with Crippen LogP contribution in [0.15, 0.2) is 9.90 Å². The number of carbonyl (C=O) groups excluding carboxylic acids is 1. The van der Waals surface area contributed by atoms with Gasteiger partial charge in [0.25, 0.3) is 0 Å². The fraction of sp³-hybridized carbons (Fsp3) is 0.562. The lowest BCUT2D eigenvalue weighted by Gasteiger charge is -2.27. The third-order valence-electron chi connectivity index (χ3n) is 3.24. The summed E-state index contributed by atoms with van der Waals surface area (Å²) in [4.78, 5) is 17.0. The molecule has 0 aliphatic heterocycles. The molecule has 0 aliphatic rings. The van der Waals surface area contributed by atoms with Gasteiger partial charge in [-0.1, -0.05) is 5.16 Å². The van der Waals surface area contributed by atoms with E-state index in [2.05, 4.69) is 10.1 Å². The van der Waals surface area contributed by atoms with Gasteiger partial charge in [-0.3, -0.25) is 4.79 Å². The molecule has 22 heavy (non-hydrogen) atoms. The lowest BCUT2D eigenvalue weighted by Crippen LogP contribution is -2.36. The van der Waals surface area contributed by atoms with Gasteiger partial charge in [-0.25, -0.2) is 4.98 Å². The van der Waals surface area contributed by atoms with Crippen molar-refractivity contribution in [2.75, 3.05) is 0 Å². The van der Waals surface area contributed by atoms with Crippen molar-refractivity contribution in [1.82, 2.24) is 10.1 Å². The molecule has 0 aromatic carbocycles. The molecule has 0 aliphatic carbocycles. The summed E-state index contributed by atoms with van der Waals surface area (Å²) in [6, 6.07) is 0. The molecular formula is C16H22N2O3S. The first-order valence-electron chi connectivity index (χ1n) is 7.15. The normalized spacial score (nSPS) is 12.5. The summed E-state index contributed by atoms with van der Waals surface area (Å²) in [7, 11) is 0. The van der Waals surface area contributed by atoms with Crippen molar-refractivity contribution in [3.8, 4) is 11.3 Å². The molecule has 0 saturated heterocycles. The number of esters is 1. The van der Waals surface area contributed by atoms with Gasteiger partial charge in [0.15, 0.2) is 0 Å². The zero-order chi connectivity index (χ0) is 16.7. The number of thiazole rings is 1. The minimum absolute atomic E-state index is 0.278. The lowest BCUT2D eigenvalue weighted by molar-refractivity contribution is -0.160. The molecule has 0 unspecified atom stereocenters. The molecule has 2 aromatic heterocycles. The molecule has 0 N–H and O–H groups in total. The van der Waals surface area contributed by atoms with Crippen molar-refractivity contribution in [2.24, 2.45) is 0 Å². The van der Waals surface area contributed by atoms with Crippen LogP contribution in [0.5, 0.6) is 0 Å². The van der Waals surface area contributed by atoms with E-state index in [0.29, 0.717) is 0 Å². The van der Waals surface area contributed by atoms with Crippen LogP contribution in [-0.2, 0) is 14.9 Å². The summed E-state index contributed by atoms with van der Waals surface area (Å²) in [6.07, 6.45) is 0. The lowest BCUT2D eigenvalue weighted by atomic mass is 9.94. The first-order chi connectivity index (χ1) is 10.0. The molecule has 2 rings (SSSR count). The van der Waals surface area contributed by atoms with Gasteiger partial charge in [-0.05, 0) is 48.5 Å². The average molecular weight is 322 g/mol. The van der Waals surface area contributed by atoms with E-state index in [0.717, 1.165) is 27.7 Å². The molecule has 0 bridgehead atoms. The maximum atomic E-state index is 12.4. The van der Waals surface area contributed by atoms with Crippen LogP contribution in [-0.4, -0.2) is 21.7 Å². The Morgan fingerprint density at radius 1 is 1.23 bits per heavy atom. The number of aromatic nitrogens is 2. The molecule has 0 radical (unpaired) electrons. The van der Waals surface area contributed by atoms with Gasteiger partial charge >= 0.3 is 5.97 Å². The molecule has 0 fully saturated rings. The predicted octanol–water partition coefficient (Wildman–Crippen LogP) is 4.03. The van der Waals surface area contributed by atoms with Gasteiger partial charge in [0, 0.05) is 5.38 Å². The molecule has 2 heterocycles. The Balaban J connectivity index is 2.33. The summed E-state index contributed by atoms with van der Waals surface area (Å²) in [5.74, 6) is 0.448. The fourth-order valence-corrected chi connectivity index (χ4v) is 2.94. The minimum Gasteiger partial charge on any atom is -0.459 e. The van der Waals surface area contributed by atoms with Crippen LogP contribution in [0.4, 0.5) is 0 Å². The largest absolute Gasteiger partial charge is 0.459 e. The summed E-state index contributed by atoms with van der Waals surface area (Å²) in [5, 5.41) is 6.59. The predicted molar refractivity (Wildman–Crippen MR) is 86.0 cm³/mol. The fourth-order valence-electron chi connectivity index (χ4n) is 2.02. The van der Waals surface area contributed by atoms with Crippen LogP contribution < -0.4 is 0 Å². The third-order valence-corrected chi connectivity index (χ3v) is 4.40. The molecule has 120 valence electrons. The quantitative estimate of drug-likeness (QED) is 0.798. The first-order valence-corrected chi connectivity index (χ1v) is 8.03. The first kappa shape index (κ1) is 16.7. The molecular weight excluding hydrogens is 300 g/mol. The molecule has 6 heteroatoms. The SMILES string of the molecule is Cc1noc(C)c1-c1csc(C(C)(C)C(=O)OC(C)(C)C)n1. The standard InChI is InChI=1S/C16H22N2O3S/c1-9-12(10(2)21-18-9)11-8-22-13(17-11)16(6,7)14(19)20-15(3,4)5/h8H,1-7H3. The van der Waals surface area contributed by atoms with E-state index in [1.54, 1.807) is 0 Å². The van der Waals surface area contributed by atoms with Gasteiger partial charge < -0.3 is 9.26 Å². The number of ether oxygens (including phenoxy) is 1. The van der Waals surface area contributed by atoms with Gasteiger partial charge in [0.05, 0.1) is 17.0 Å². The molecule has 0 amide bonds. The second-order valence-electron chi connectivity index (χ2n) is 6.86. The highest BCUT2D eigenvalue weighted by molar-refractivity contribution is 7.10. The summed E-state index contributed by atoms with van der Waals surface area (Å²) in [5.41, 5.74) is 1.16. The highest BCUT2D eigenvalue weighted by Gasteiger charge is 2.37. The highest BCUT2D eigenvalue weighted by atomic mass is 32.1. The van der Waals surface area contributed by atoms with Crippen molar-refractivity contribution in [3.63, 3.8) is 0 Å². The van der Waals surface area contributed by atoms with Crippen molar-refractivity contribution in [1.29, 1.82) is 0 Å². The Hall–Kier alpha value is -1.69. The Kier molecular flexibility index (Phi) is 4.17. The zero-order valence-corrected chi connectivity index (χ0v) is 14.9. The van der Waals surface area contributed by atoms with Gasteiger partial charge in [-0.2, -0.15) is 0 Å². The highest BCUT2D eigenvalue weighted by Crippen LogP contribution is 2.34. The van der Waals surface area contributed by atoms with Crippen molar-refractivity contribution < 1.29 is 14.1 Å². The second kappa shape index (κ2) is 5.50. The summed E-state index contributed by atoms with van der Waals surface area (Å²) in [6.45, 7) is 13.0. The van der Waals surface area contributed by atoms with Crippen LogP contribution in [0.1, 0.15) is 51.1 Å². The van der Waals surface area contributed by atoms with E-state index >= 15 is 0 Å². The monoisotopic (exact) mass is 322 g/mol.